The third kappa shape index (κ3) is 2.23. The number of aryl methyl sites for hydroxylation is 1. The minimum atomic E-state index is 0.590. The highest BCUT2D eigenvalue weighted by Crippen LogP contribution is 2.33. The molecule has 0 amide bonds. The molecule has 2 aromatic rings. The summed E-state index contributed by atoms with van der Waals surface area (Å²) in [4.78, 5) is 1.21. The number of thiophene rings is 1. The van der Waals surface area contributed by atoms with Crippen LogP contribution in [0.1, 0.15) is 11.1 Å². The average Bonchev–Trinajstić information content (AvgIpc) is 2.64. The Morgan fingerprint density at radius 1 is 1.27 bits per heavy atom. The summed E-state index contributed by atoms with van der Waals surface area (Å²) < 4.78 is 0.826. The topological polar surface area (TPSA) is 26.0 Å². The van der Waals surface area contributed by atoms with Crippen LogP contribution in [-0.2, 0) is 6.54 Å². The molecule has 0 unspecified atom stereocenters. The van der Waals surface area contributed by atoms with Gasteiger partial charge < -0.3 is 5.73 Å². The van der Waals surface area contributed by atoms with E-state index in [1.165, 1.54) is 21.6 Å². The van der Waals surface area contributed by atoms with Gasteiger partial charge in [0.05, 0.1) is 4.34 Å². The van der Waals surface area contributed by atoms with Crippen molar-refractivity contribution in [3.05, 3.63) is 45.8 Å². The standard InChI is InChI=1S/C12H12ClNS/c1-8-6-9(7-14)2-3-10(8)11-4-5-12(13)15-11/h2-6H,7,14H2,1H3. The molecule has 3 heteroatoms. The van der Waals surface area contributed by atoms with E-state index in [0.29, 0.717) is 6.54 Å². The molecule has 0 aliphatic heterocycles. The van der Waals surface area contributed by atoms with Gasteiger partial charge in [0, 0.05) is 11.4 Å². The quantitative estimate of drug-likeness (QED) is 0.844. The zero-order valence-corrected chi connectivity index (χ0v) is 10.0. The molecule has 0 aliphatic rings. The molecule has 15 heavy (non-hydrogen) atoms. The van der Waals surface area contributed by atoms with Crippen molar-refractivity contribution in [2.45, 2.75) is 13.5 Å². The third-order valence-corrected chi connectivity index (χ3v) is 3.63. The molecule has 0 atom stereocenters. The Morgan fingerprint density at radius 2 is 2.07 bits per heavy atom. The van der Waals surface area contributed by atoms with Crippen LogP contribution in [0.15, 0.2) is 30.3 Å². The molecule has 1 aromatic carbocycles. The summed E-state index contributed by atoms with van der Waals surface area (Å²) in [6.07, 6.45) is 0. The van der Waals surface area contributed by atoms with Crippen LogP contribution in [0.5, 0.6) is 0 Å². The van der Waals surface area contributed by atoms with Gasteiger partial charge in [0.15, 0.2) is 0 Å². The van der Waals surface area contributed by atoms with Gasteiger partial charge in [0.2, 0.25) is 0 Å². The molecule has 0 aliphatic carbocycles. The second kappa shape index (κ2) is 4.35. The maximum absolute atomic E-state index is 5.92. The lowest BCUT2D eigenvalue weighted by atomic mass is 10.0. The maximum Gasteiger partial charge on any atom is 0.0934 e. The minimum absolute atomic E-state index is 0.590. The fourth-order valence-electron chi connectivity index (χ4n) is 1.59. The van der Waals surface area contributed by atoms with Crippen LogP contribution in [0.2, 0.25) is 4.34 Å². The van der Waals surface area contributed by atoms with Gasteiger partial charge in [-0.3, -0.25) is 0 Å². The Balaban J connectivity index is 2.45. The van der Waals surface area contributed by atoms with Crippen LogP contribution >= 0.6 is 22.9 Å². The number of rotatable bonds is 2. The molecule has 1 aromatic heterocycles. The van der Waals surface area contributed by atoms with Crippen LogP contribution in [0.3, 0.4) is 0 Å². The van der Waals surface area contributed by atoms with Crippen molar-refractivity contribution in [2.75, 3.05) is 0 Å². The van der Waals surface area contributed by atoms with Crippen molar-refractivity contribution >= 4 is 22.9 Å². The highest BCUT2D eigenvalue weighted by molar-refractivity contribution is 7.19. The van der Waals surface area contributed by atoms with E-state index in [4.69, 9.17) is 17.3 Å². The van der Waals surface area contributed by atoms with Crippen molar-refractivity contribution in [1.29, 1.82) is 0 Å². The van der Waals surface area contributed by atoms with E-state index < -0.39 is 0 Å². The number of halogens is 1. The highest BCUT2D eigenvalue weighted by Gasteiger charge is 2.05. The van der Waals surface area contributed by atoms with Crippen molar-refractivity contribution in [1.82, 2.24) is 0 Å². The van der Waals surface area contributed by atoms with Crippen molar-refractivity contribution < 1.29 is 0 Å². The largest absolute Gasteiger partial charge is 0.326 e. The second-order valence-corrected chi connectivity index (χ2v) is 5.17. The summed E-state index contributed by atoms with van der Waals surface area (Å²) in [6, 6.07) is 10.3. The summed E-state index contributed by atoms with van der Waals surface area (Å²) >= 11 is 7.52. The van der Waals surface area contributed by atoms with Gasteiger partial charge in [-0.15, -0.1) is 11.3 Å². The van der Waals surface area contributed by atoms with Crippen molar-refractivity contribution in [3.8, 4) is 10.4 Å². The van der Waals surface area contributed by atoms with Gasteiger partial charge >= 0.3 is 0 Å². The van der Waals surface area contributed by atoms with Crippen LogP contribution in [0.25, 0.3) is 10.4 Å². The van der Waals surface area contributed by atoms with Crippen molar-refractivity contribution in [3.63, 3.8) is 0 Å². The van der Waals surface area contributed by atoms with E-state index in [1.54, 1.807) is 11.3 Å². The lowest BCUT2D eigenvalue weighted by Crippen LogP contribution is -1.96. The van der Waals surface area contributed by atoms with Crippen LogP contribution in [0, 0.1) is 6.92 Å². The van der Waals surface area contributed by atoms with E-state index in [-0.39, 0.29) is 0 Å². The van der Waals surface area contributed by atoms with Crippen LogP contribution in [0.4, 0.5) is 0 Å². The Bertz CT molecular complexity index is 476. The molecule has 1 heterocycles. The summed E-state index contributed by atoms with van der Waals surface area (Å²) in [5.74, 6) is 0. The molecule has 0 fully saturated rings. The average molecular weight is 238 g/mol. The molecule has 0 bridgehead atoms. The Kier molecular flexibility index (Phi) is 3.10. The zero-order chi connectivity index (χ0) is 10.8. The summed E-state index contributed by atoms with van der Waals surface area (Å²) in [5, 5.41) is 0. The number of nitrogens with two attached hydrogens (primary N) is 1. The molecule has 2 N–H and O–H groups in total. The maximum atomic E-state index is 5.92. The van der Waals surface area contributed by atoms with E-state index in [1.807, 2.05) is 6.07 Å². The zero-order valence-electron chi connectivity index (χ0n) is 8.46. The predicted molar refractivity (Wildman–Crippen MR) is 67.4 cm³/mol. The van der Waals surface area contributed by atoms with Crippen LogP contribution in [-0.4, -0.2) is 0 Å². The number of benzene rings is 1. The number of hydrogen-bond acceptors (Lipinski definition) is 2. The molecule has 0 spiro atoms. The van der Waals surface area contributed by atoms with Gasteiger partial charge in [-0.05, 0) is 35.7 Å². The van der Waals surface area contributed by atoms with Gasteiger partial charge in [-0.25, -0.2) is 0 Å². The molecule has 0 saturated carbocycles. The predicted octanol–water partition coefficient (Wildman–Crippen LogP) is 3.84. The third-order valence-electron chi connectivity index (χ3n) is 2.37. The van der Waals surface area contributed by atoms with Gasteiger partial charge in [-0.2, -0.15) is 0 Å². The smallest absolute Gasteiger partial charge is 0.0934 e. The fraction of sp³-hybridized carbons (Fsp3) is 0.167. The second-order valence-electron chi connectivity index (χ2n) is 3.46. The first-order valence-corrected chi connectivity index (χ1v) is 5.95. The molecule has 0 radical (unpaired) electrons. The van der Waals surface area contributed by atoms with E-state index >= 15 is 0 Å². The number of hydrogen-bond donors (Lipinski definition) is 1. The molecule has 78 valence electrons. The lowest BCUT2D eigenvalue weighted by molar-refractivity contribution is 1.07. The molecular formula is C12H12ClNS. The van der Waals surface area contributed by atoms with Crippen LogP contribution < -0.4 is 5.73 Å². The molecule has 2 rings (SSSR count). The van der Waals surface area contributed by atoms with E-state index in [0.717, 1.165) is 4.34 Å². The summed E-state index contributed by atoms with van der Waals surface area (Å²) in [7, 11) is 0. The Hall–Kier alpha value is -0.830. The van der Waals surface area contributed by atoms with Gasteiger partial charge in [0.25, 0.3) is 0 Å². The molecular weight excluding hydrogens is 226 g/mol. The fourth-order valence-corrected chi connectivity index (χ4v) is 2.72. The van der Waals surface area contributed by atoms with E-state index in [2.05, 4.69) is 31.2 Å². The van der Waals surface area contributed by atoms with Gasteiger partial charge in [-0.1, -0.05) is 29.8 Å². The van der Waals surface area contributed by atoms with E-state index in [9.17, 15) is 0 Å². The molecule has 0 saturated heterocycles. The SMILES string of the molecule is Cc1cc(CN)ccc1-c1ccc(Cl)s1. The first kappa shape index (κ1) is 10.7. The highest BCUT2D eigenvalue weighted by atomic mass is 35.5. The summed E-state index contributed by atoms with van der Waals surface area (Å²) in [5.41, 5.74) is 9.25. The summed E-state index contributed by atoms with van der Waals surface area (Å²) in [6.45, 7) is 2.69. The Labute approximate surface area is 98.5 Å². The lowest BCUT2D eigenvalue weighted by Gasteiger charge is -2.05. The minimum Gasteiger partial charge on any atom is -0.326 e. The Morgan fingerprint density at radius 3 is 2.60 bits per heavy atom. The monoisotopic (exact) mass is 237 g/mol. The first-order valence-electron chi connectivity index (χ1n) is 4.76. The molecule has 1 nitrogen and oxygen atoms in total. The first-order chi connectivity index (χ1) is 7.20. The van der Waals surface area contributed by atoms with Gasteiger partial charge in [0.1, 0.15) is 0 Å². The normalized spacial score (nSPS) is 10.6. The van der Waals surface area contributed by atoms with Crippen molar-refractivity contribution in [2.24, 2.45) is 5.73 Å².